The molecular weight excluding hydrogens is 262 g/mol. The number of hydrogen-bond acceptors (Lipinski definition) is 4. The first-order chi connectivity index (χ1) is 8.02. The van der Waals surface area contributed by atoms with Gasteiger partial charge in [-0.15, -0.1) is 21.8 Å². The van der Waals surface area contributed by atoms with Crippen LogP contribution in [0.25, 0.3) is 5.69 Å². The van der Waals surface area contributed by atoms with Crippen LogP contribution < -0.4 is 0 Å². The third-order valence-electron chi connectivity index (χ3n) is 2.28. The maximum Gasteiger partial charge on any atom is 0.175 e. The molecule has 0 aliphatic heterocycles. The molecule has 0 amide bonds. The number of halogens is 1. The minimum Gasteiger partial charge on any atom is -0.285 e. The molecule has 0 N–H and O–H groups in total. The van der Waals surface area contributed by atoms with E-state index in [0.29, 0.717) is 5.82 Å². The summed E-state index contributed by atoms with van der Waals surface area (Å²) in [5.74, 6) is 0.854. The van der Waals surface area contributed by atoms with E-state index < -0.39 is 9.84 Å². The van der Waals surface area contributed by atoms with Crippen molar-refractivity contribution >= 4 is 21.4 Å². The van der Waals surface area contributed by atoms with E-state index in [2.05, 4.69) is 10.2 Å². The molecule has 0 aliphatic rings. The van der Waals surface area contributed by atoms with Crippen molar-refractivity contribution in [3.8, 4) is 5.69 Å². The second-order valence-corrected chi connectivity index (χ2v) is 5.80. The highest BCUT2D eigenvalue weighted by Gasteiger charge is 2.08. The van der Waals surface area contributed by atoms with E-state index >= 15 is 0 Å². The number of sulfone groups is 1. The molecule has 7 heteroatoms. The van der Waals surface area contributed by atoms with E-state index in [1.165, 1.54) is 12.6 Å². The summed E-state index contributed by atoms with van der Waals surface area (Å²) in [6, 6.07) is 6.47. The van der Waals surface area contributed by atoms with Gasteiger partial charge in [-0.05, 0) is 24.3 Å². The Morgan fingerprint density at radius 1 is 1.29 bits per heavy atom. The number of hydrogen-bond donors (Lipinski definition) is 0. The first kappa shape index (κ1) is 12.1. The second kappa shape index (κ2) is 4.46. The lowest BCUT2D eigenvalue weighted by molar-refractivity contribution is 0.602. The van der Waals surface area contributed by atoms with E-state index in [0.717, 1.165) is 5.69 Å². The predicted octanol–water partition coefficient (Wildman–Crippen LogP) is 1.41. The molecule has 0 saturated carbocycles. The van der Waals surface area contributed by atoms with E-state index in [4.69, 9.17) is 11.6 Å². The minimum absolute atomic E-state index is 0.244. The average molecular weight is 272 g/mol. The fourth-order valence-electron chi connectivity index (χ4n) is 1.42. The monoisotopic (exact) mass is 271 g/mol. The summed E-state index contributed by atoms with van der Waals surface area (Å²) in [7, 11) is -3.17. The summed E-state index contributed by atoms with van der Waals surface area (Å²) in [6.07, 6.45) is 2.71. The maximum absolute atomic E-state index is 11.3. The molecule has 1 heterocycles. The van der Waals surface area contributed by atoms with Crippen molar-refractivity contribution in [3.63, 3.8) is 0 Å². The van der Waals surface area contributed by atoms with Gasteiger partial charge in [0.05, 0.1) is 10.8 Å². The lowest BCUT2D eigenvalue weighted by Gasteiger charge is -2.05. The highest BCUT2D eigenvalue weighted by Crippen LogP contribution is 2.15. The molecule has 0 spiro atoms. The largest absolute Gasteiger partial charge is 0.285 e. The highest BCUT2D eigenvalue weighted by atomic mass is 35.5. The molecule has 0 aliphatic carbocycles. The summed E-state index contributed by atoms with van der Waals surface area (Å²) in [4.78, 5) is 0.279. The average Bonchev–Trinajstić information content (AvgIpc) is 2.76. The first-order valence-electron chi connectivity index (χ1n) is 4.78. The van der Waals surface area contributed by atoms with Crippen molar-refractivity contribution in [1.29, 1.82) is 0 Å². The van der Waals surface area contributed by atoms with Gasteiger partial charge >= 0.3 is 0 Å². The molecule has 90 valence electrons. The molecule has 0 unspecified atom stereocenters. The zero-order valence-corrected chi connectivity index (χ0v) is 10.6. The van der Waals surface area contributed by atoms with Crippen molar-refractivity contribution < 1.29 is 8.42 Å². The number of benzene rings is 1. The molecule has 0 radical (unpaired) electrons. The molecule has 1 aromatic heterocycles. The van der Waals surface area contributed by atoms with Crippen LogP contribution >= 0.6 is 11.6 Å². The smallest absolute Gasteiger partial charge is 0.175 e. The van der Waals surface area contributed by atoms with Crippen LogP contribution in [-0.4, -0.2) is 29.4 Å². The number of aromatic nitrogens is 3. The van der Waals surface area contributed by atoms with Gasteiger partial charge in [0.15, 0.2) is 15.7 Å². The Kier molecular flexibility index (Phi) is 3.17. The Bertz CT molecular complexity index is 619. The van der Waals surface area contributed by atoms with Crippen molar-refractivity contribution in [2.45, 2.75) is 10.8 Å². The van der Waals surface area contributed by atoms with Crippen LogP contribution in [0, 0.1) is 0 Å². The zero-order chi connectivity index (χ0) is 12.5. The van der Waals surface area contributed by atoms with Crippen LogP contribution in [0.4, 0.5) is 0 Å². The molecule has 0 fully saturated rings. The fourth-order valence-corrected chi connectivity index (χ4v) is 2.23. The molecule has 2 rings (SSSR count). The summed E-state index contributed by atoms with van der Waals surface area (Å²) in [5.41, 5.74) is 0.776. The van der Waals surface area contributed by atoms with E-state index in [1.807, 2.05) is 0 Å². The van der Waals surface area contributed by atoms with Gasteiger partial charge in [-0.1, -0.05) is 0 Å². The summed E-state index contributed by atoms with van der Waals surface area (Å²) >= 11 is 5.71. The molecule has 0 atom stereocenters. The van der Waals surface area contributed by atoms with E-state index in [-0.39, 0.29) is 10.8 Å². The van der Waals surface area contributed by atoms with Gasteiger partial charge in [-0.3, -0.25) is 4.57 Å². The Balaban J connectivity index is 2.43. The van der Waals surface area contributed by atoms with Crippen LogP contribution in [0.3, 0.4) is 0 Å². The van der Waals surface area contributed by atoms with Gasteiger partial charge < -0.3 is 0 Å². The number of nitrogens with zero attached hydrogens (tertiary/aromatic N) is 3. The van der Waals surface area contributed by atoms with Crippen LogP contribution in [0.1, 0.15) is 5.82 Å². The number of alkyl halides is 1. The van der Waals surface area contributed by atoms with Crippen LogP contribution in [0.2, 0.25) is 0 Å². The summed E-state index contributed by atoms with van der Waals surface area (Å²) in [5, 5.41) is 7.60. The van der Waals surface area contributed by atoms with Crippen molar-refractivity contribution in [3.05, 3.63) is 36.4 Å². The topological polar surface area (TPSA) is 64.8 Å². The Morgan fingerprint density at radius 2 is 1.94 bits per heavy atom. The van der Waals surface area contributed by atoms with E-state index in [9.17, 15) is 8.42 Å². The molecule has 5 nitrogen and oxygen atoms in total. The SMILES string of the molecule is CS(=O)(=O)c1ccc(-n2cnnc2CCl)cc1. The summed E-state index contributed by atoms with van der Waals surface area (Å²) < 4.78 is 24.3. The standard InChI is InChI=1S/C10H10ClN3O2S/c1-17(15,16)9-4-2-8(3-5-9)14-7-12-13-10(14)6-11/h2-5,7H,6H2,1H3. The zero-order valence-electron chi connectivity index (χ0n) is 9.04. The van der Waals surface area contributed by atoms with E-state index in [1.54, 1.807) is 28.8 Å². The molecule has 1 aromatic carbocycles. The lowest BCUT2D eigenvalue weighted by Crippen LogP contribution is -2.00. The highest BCUT2D eigenvalue weighted by molar-refractivity contribution is 7.90. The molecule has 2 aromatic rings. The Hall–Kier alpha value is -1.40. The van der Waals surface area contributed by atoms with Crippen LogP contribution in [-0.2, 0) is 15.7 Å². The maximum atomic E-state index is 11.3. The number of rotatable bonds is 3. The van der Waals surface area contributed by atoms with Gasteiger partial charge in [-0.2, -0.15) is 0 Å². The Morgan fingerprint density at radius 3 is 2.47 bits per heavy atom. The van der Waals surface area contributed by atoms with Gasteiger partial charge in [0.25, 0.3) is 0 Å². The third-order valence-corrected chi connectivity index (χ3v) is 3.65. The Labute approximate surface area is 104 Å². The van der Waals surface area contributed by atoms with Crippen molar-refractivity contribution in [2.75, 3.05) is 6.26 Å². The quantitative estimate of drug-likeness (QED) is 0.792. The molecule has 0 bridgehead atoms. The second-order valence-electron chi connectivity index (χ2n) is 3.52. The molecular formula is C10H10ClN3O2S. The van der Waals surface area contributed by atoms with Gasteiger partial charge in [0.2, 0.25) is 0 Å². The van der Waals surface area contributed by atoms with Crippen LogP contribution in [0.15, 0.2) is 35.5 Å². The van der Waals surface area contributed by atoms with Gasteiger partial charge in [0, 0.05) is 11.9 Å². The summed E-state index contributed by atoms with van der Waals surface area (Å²) in [6.45, 7) is 0. The molecule has 17 heavy (non-hydrogen) atoms. The van der Waals surface area contributed by atoms with Crippen LogP contribution in [0.5, 0.6) is 0 Å². The predicted molar refractivity (Wildman–Crippen MR) is 64.0 cm³/mol. The van der Waals surface area contributed by atoms with Crippen molar-refractivity contribution in [1.82, 2.24) is 14.8 Å². The first-order valence-corrected chi connectivity index (χ1v) is 7.20. The lowest BCUT2D eigenvalue weighted by atomic mass is 10.3. The third kappa shape index (κ3) is 2.48. The fraction of sp³-hybridized carbons (Fsp3) is 0.200. The van der Waals surface area contributed by atoms with Gasteiger partial charge in [0.1, 0.15) is 6.33 Å². The van der Waals surface area contributed by atoms with Gasteiger partial charge in [-0.25, -0.2) is 8.42 Å². The minimum atomic E-state index is -3.17. The van der Waals surface area contributed by atoms with Crippen molar-refractivity contribution in [2.24, 2.45) is 0 Å². The molecule has 0 saturated heterocycles. The normalized spacial score (nSPS) is 11.6.